The van der Waals surface area contributed by atoms with Gasteiger partial charge in [-0.05, 0) is 0 Å². The molecule has 0 spiro atoms. The molecular weight excluding hydrogens is 267 g/mol. The normalized spacial score (nSPS) is 26.6. The monoisotopic (exact) mass is 282 g/mol. The summed E-state index contributed by atoms with van der Waals surface area (Å²) < 4.78 is 8.84. The van der Waals surface area contributed by atoms with Crippen LogP contribution in [0, 0.1) is 0 Å². The fraction of sp³-hybridized carbons (Fsp3) is 0.455. The van der Waals surface area contributed by atoms with E-state index in [-0.39, 0.29) is 14.6 Å². The molecule has 0 radical (unpaired) electrons. The molecule has 0 bridgehead atoms. The summed E-state index contributed by atoms with van der Waals surface area (Å²) in [5, 5.41) is 3.55. The van der Waals surface area contributed by atoms with Crippen LogP contribution in [-0.2, 0) is 0 Å². The van der Waals surface area contributed by atoms with Gasteiger partial charge in [-0.25, -0.2) is 0 Å². The van der Waals surface area contributed by atoms with E-state index in [9.17, 15) is 0 Å². The van der Waals surface area contributed by atoms with E-state index < -0.39 is 0 Å². The summed E-state index contributed by atoms with van der Waals surface area (Å²) >= 11 is 0.0478. The molecular formula is C11H14N4Se. The summed E-state index contributed by atoms with van der Waals surface area (Å²) in [6.45, 7) is 0. The van der Waals surface area contributed by atoms with Crippen LogP contribution in [-0.4, -0.2) is 26.7 Å². The van der Waals surface area contributed by atoms with Crippen molar-refractivity contribution < 1.29 is 0 Å². The van der Waals surface area contributed by atoms with Gasteiger partial charge in [0.25, 0.3) is 0 Å². The van der Waals surface area contributed by atoms with E-state index in [4.69, 9.17) is 5.73 Å². The van der Waals surface area contributed by atoms with Crippen LogP contribution in [0.3, 0.4) is 0 Å². The fourth-order valence-electron chi connectivity index (χ4n) is 2.29. The zero-order valence-electron chi connectivity index (χ0n) is 8.89. The van der Waals surface area contributed by atoms with E-state index >= 15 is 0 Å². The summed E-state index contributed by atoms with van der Waals surface area (Å²) in [5.74, 6) is 0. The molecule has 1 fully saturated rings. The van der Waals surface area contributed by atoms with Crippen LogP contribution in [0.25, 0.3) is 0 Å². The predicted octanol–water partition coefficient (Wildman–Crippen LogP) is 2.33. The van der Waals surface area contributed by atoms with E-state index in [1.165, 1.54) is 0 Å². The van der Waals surface area contributed by atoms with Gasteiger partial charge < -0.3 is 0 Å². The first-order valence-electron chi connectivity index (χ1n) is 5.56. The van der Waals surface area contributed by atoms with Crippen molar-refractivity contribution in [1.29, 1.82) is 0 Å². The number of rotatable bonds is 2. The van der Waals surface area contributed by atoms with Gasteiger partial charge in [-0.3, -0.25) is 0 Å². The second-order valence-electron chi connectivity index (χ2n) is 4.35. The second kappa shape index (κ2) is 4.17. The van der Waals surface area contributed by atoms with Crippen molar-refractivity contribution in [2.75, 3.05) is 5.32 Å². The Kier molecular flexibility index (Phi) is 2.67. The maximum atomic E-state index is 5.91. The van der Waals surface area contributed by atoms with Gasteiger partial charge in [0.05, 0.1) is 0 Å². The first-order chi connectivity index (χ1) is 7.83. The molecule has 2 atom stereocenters. The number of benzene rings is 1. The Morgan fingerprint density at radius 3 is 3.06 bits per heavy atom. The second-order valence-corrected chi connectivity index (χ2v) is 5.46. The van der Waals surface area contributed by atoms with Gasteiger partial charge in [0, 0.05) is 0 Å². The van der Waals surface area contributed by atoms with Gasteiger partial charge in [-0.2, -0.15) is 0 Å². The van der Waals surface area contributed by atoms with Crippen LogP contribution in [0.4, 0.5) is 17.1 Å². The molecule has 4 nitrogen and oxygen atoms in total. The Bertz CT molecular complexity index is 479. The Morgan fingerprint density at radius 2 is 2.25 bits per heavy atom. The predicted molar refractivity (Wildman–Crippen MR) is 65.6 cm³/mol. The number of nitrogens with two attached hydrogens (primary N) is 1. The van der Waals surface area contributed by atoms with Crippen LogP contribution >= 0.6 is 0 Å². The van der Waals surface area contributed by atoms with E-state index in [1.807, 2.05) is 12.1 Å². The van der Waals surface area contributed by atoms with E-state index in [0.717, 1.165) is 36.3 Å². The van der Waals surface area contributed by atoms with Crippen molar-refractivity contribution in [2.24, 2.45) is 13.7 Å². The van der Waals surface area contributed by atoms with Crippen LogP contribution < -0.4 is 11.1 Å². The third-order valence-corrected chi connectivity index (χ3v) is 4.26. The van der Waals surface area contributed by atoms with Crippen molar-refractivity contribution in [3.8, 4) is 0 Å². The van der Waals surface area contributed by atoms with E-state index in [0.29, 0.717) is 12.1 Å². The van der Waals surface area contributed by atoms with Gasteiger partial charge in [0.1, 0.15) is 0 Å². The Hall–Kier alpha value is -0.901. The molecule has 1 aromatic carbocycles. The molecule has 0 saturated heterocycles. The summed E-state index contributed by atoms with van der Waals surface area (Å²) in [5.41, 5.74) is 9.12. The number of fused-ring (bicyclic) bond motifs is 1. The van der Waals surface area contributed by atoms with Crippen LogP contribution in [0.1, 0.15) is 19.3 Å². The Morgan fingerprint density at radius 1 is 1.31 bits per heavy atom. The number of hydrogen-bond donors (Lipinski definition) is 2. The van der Waals surface area contributed by atoms with Crippen LogP contribution in [0.5, 0.6) is 0 Å². The number of nitrogens with one attached hydrogen (secondary N) is 1. The molecule has 0 aromatic heterocycles. The molecule has 3 N–H and O–H groups in total. The summed E-state index contributed by atoms with van der Waals surface area (Å²) in [6.07, 6.45) is 3.34. The minimum atomic E-state index is 0.0478. The molecule has 5 heteroatoms. The van der Waals surface area contributed by atoms with Crippen LogP contribution in [0.2, 0.25) is 0 Å². The quantitative estimate of drug-likeness (QED) is 0.830. The van der Waals surface area contributed by atoms with Crippen molar-refractivity contribution in [3.63, 3.8) is 0 Å². The van der Waals surface area contributed by atoms with Crippen molar-refractivity contribution >= 4 is 31.6 Å². The molecule has 1 aliphatic carbocycles. The summed E-state index contributed by atoms with van der Waals surface area (Å²) in [4.78, 5) is 0. The van der Waals surface area contributed by atoms with E-state index in [1.54, 1.807) is 0 Å². The molecule has 2 aliphatic rings. The minimum absolute atomic E-state index is 0.0478. The first kappa shape index (κ1) is 10.3. The standard InChI is InChI=1S/C11H14N4Se/c12-7-4-5-8(6-7)13-9-2-1-3-10-11(9)15-16-14-10/h1-3,7-8,13H,4-6,12H2. The van der Waals surface area contributed by atoms with Gasteiger partial charge in [-0.15, -0.1) is 0 Å². The summed E-state index contributed by atoms with van der Waals surface area (Å²) in [6, 6.07) is 7.02. The molecule has 0 amide bonds. The molecule has 3 rings (SSSR count). The third-order valence-electron chi connectivity index (χ3n) is 3.12. The van der Waals surface area contributed by atoms with Gasteiger partial charge in [0.2, 0.25) is 0 Å². The SMILES string of the molecule is NC1CCC(Nc2cccc3c2N=[Se]=N3)C1. The van der Waals surface area contributed by atoms with Crippen molar-refractivity contribution in [3.05, 3.63) is 18.2 Å². The average Bonchev–Trinajstić information content (AvgIpc) is 2.87. The van der Waals surface area contributed by atoms with Crippen LogP contribution in [0.15, 0.2) is 26.1 Å². The fourth-order valence-corrected chi connectivity index (χ4v) is 3.44. The third kappa shape index (κ3) is 1.86. The van der Waals surface area contributed by atoms with Crippen molar-refractivity contribution in [2.45, 2.75) is 31.3 Å². The van der Waals surface area contributed by atoms with Gasteiger partial charge in [0.15, 0.2) is 0 Å². The molecule has 84 valence electrons. The molecule has 1 aliphatic heterocycles. The van der Waals surface area contributed by atoms with Gasteiger partial charge in [-0.1, -0.05) is 0 Å². The van der Waals surface area contributed by atoms with Crippen molar-refractivity contribution in [1.82, 2.24) is 0 Å². The summed E-state index contributed by atoms with van der Waals surface area (Å²) in [7, 11) is 0. The zero-order chi connectivity index (χ0) is 11.0. The molecule has 2 unspecified atom stereocenters. The zero-order valence-corrected chi connectivity index (χ0v) is 10.6. The number of anilines is 1. The first-order valence-corrected chi connectivity index (χ1v) is 7.09. The van der Waals surface area contributed by atoms with E-state index in [2.05, 4.69) is 19.3 Å². The van der Waals surface area contributed by atoms with Gasteiger partial charge >= 0.3 is 100 Å². The molecule has 16 heavy (non-hydrogen) atoms. The Balaban J connectivity index is 1.81. The molecule has 1 saturated carbocycles. The Labute approximate surface area is 100 Å². The number of hydrogen-bond acceptors (Lipinski definition) is 4. The average molecular weight is 281 g/mol. The topological polar surface area (TPSA) is 62.8 Å². The molecule has 1 aromatic rings. The maximum absolute atomic E-state index is 5.91. The molecule has 1 heterocycles. The number of nitrogens with zero attached hydrogens (tertiary/aromatic N) is 2.